The van der Waals surface area contributed by atoms with Crippen LogP contribution in [0.2, 0.25) is 0 Å². The van der Waals surface area contributed by atoms with Crippen molar-refractivity contribution >= 4 is 0 Å². The van der Waals surface area contributed by atoms with Gasteiger partial charge in [0.15, 0.2) is 0 Å². The molecule has 0 spiro atoms. The maximum Gasteiger partial charge on any atom is 0.345 e. The van der Waals surface area contributed by atoms with E-state index in [1.807, 2.05) is 48.5 Å². The van der Waals surface area contributed by atoms with Crippen LogP contribution in [-0.4, -0.2) is 16.5 Å². The van der Waals surface area contributed by atoms with Crippen LogP contribution in [0.3, 0.4) is 0 Å². The van der Waals surface area contributed by atoms with E-state index in [-0.39, 0.29) is 5.69 Å². The minimum atomic E-state index is -0.331. The van der Waals surface area contributed by atoms with Gasteiger partial charge >= 0.3 is 5.69 Å². The number of hydrogen-bond donors (Lipinski definition) is 2. The summed E-state index contributed by atoms with van der Waals surface area (Å²) in [6.07, 6.45) is 3.73. The third-order valence-corrected chi connectivity index (χ3v) is 4.37. The molecule has 4 heteroatoms. The highest BCUT2D eigenvalue weighted by atomic mass is 16.1. The van der Waals surface area contributed by atoms with Gasteiger partial charge in [0.25, 0.3) is 0 Å². The van der Waals surface area contributed by atoms with Crippen molar-refractivity contribution in [2.75, 3.05) is 6.54 Å². The Morgan fingerprint density at radius 1 is 0.962 bits per heavy atom. The van der Waals surface area contributed by atoms with E-state index in [0.29, 0.717) is 5.69 Å². The molecule has 0 unspecified atom stereocenters. The smallest absolute Gasteiger partial charge is 0.313 e. The second-order valence-corrected chi connectivity index (χ2v) is 6.43. The Morgan fingerprint density at radius 2 is 1.73 bits per heavy atom. The van der Waals surface area contributed by atoms with Gasteiger partial charge in [-0.15, -0.1) is 0 Å². The van der Waals surface area contributed by atoms with Gasteiger partial charge in [-0.25, -0.2) is 4.79 Å². The van der Waals surface area contributed by atoms with E-state index >= 15 is 0 Å². The number of nitrogens with one attached hydrogen (secondary N) is 2. The van der Waals surface area contributed by atoms with Crippen LogP contribution >= 0.6 is 0 Å². The summed E-state index contributed by atoms with van der Waals surface area (Å²) in [7, 11) is 0. The first kappa shape index (κ1) is 18.1. The van der Waals surface area contributed by atoms with Crippen LogP contribution in [-0.2, 0) is 6.54 Å². The Bertz CT molecular complexity index is 870. The lowest BCUT2D eigenvalue weighted by atomic mass is 10.1. The van der Waals surface area contributed by atoms with E-state index in [4.69, 9.17) is 0 Å². The van der Waals surface area contributed by atoms with Gasteiger partial charge in [-0.1, -0.05) is 74.4 Å². The number of H-pyrrole nitrogens is 1. The molecule has 0 aliphatic carbocycles. The molecule has 0 saturated heterocycles. The third-order valence-electron chi connectivity index (χ3n) is 4.37. The molecule has 0 amide bonds. The van der Waals surface area contributed by atoms with Gasteiger partial charge in [0.1, 0.15) is 0 Å². The van der Waals surface area contributed by atoms with Gasteiger partial charge in [-0.05, 0) is 30.2 Å². The molecule has 0 radical (unpaired) electrons. The normalized spacial score (nSPS) is 10.8. The minimum absolute atomic E-state index is 0.331. The Morgan fingerprint density at radius 3 is 2.46 bits per heavy atom. The average Bonchev–Trinajstić information content (AvgIpc) is 2.68. The van der Waals surface area contributed by atoms with Gasteiger partial charge in [0, 0.05) is 12.1 Å². The lowest BCUT2D eigenvalue weighted by Gasteiger charge is -2.07. The zero-order valence-corrected chi connectivity index (χ0v) is 15.2. The molecular formula is C22H25N3O. The molecule has 0 fully saturated rings. The van der Waals surface area contributed by atoms with E-state index in [2.05, 4.69) is 34.3 Å². The lowest BCUT2D eigenvalue weighted by Crippen LogP contribution is -2.14. The summed E-state index contributed by atoms with van der Waals surface area (Å²) >= 11 is 0. The second-order valence-electron chi connectivity index (χ2n) is 6.43. The number of aromatic amines is 1. The average molecular weight is 347 g/mol. The minimum Gasteiger partial charge on any atom is -0.313 e. The number of aromatic nitrogens is 2. The number of rotatable bonds is 8. The Balaban J connectivity index is 1.73. The molecule has 0 aliphatic rings. The van der Waals surface area contributed by atoms with Crippen LogP contribution in [0, 0.1) is 0 Å². The lowest BCUT2D eigenvalue weighted by molar-refractivity contribution is 0.617. The molecule has 134 valence electrons. The van der Waals surface area contributed by atoms with Crippen molar-refractivity contribution in [3.63, 3.8) is 0 Å². The monoisotopic (exact) mass is 347 g/mol. The molecule has 3 aromatic rings. The van der Waals surface area contributed by atoms with E-state index in [0.717, 1.165) is 29.9 Å². The fourth-order valence-electron chi connectivity index (χ4n) is 2.90. The van der Waals surface area contributed by atoms with Crippen molar-refractivity contribution in [2.45, 2.75) is 32.7 Å². The van der Waals surface area contributed by atoms with Gasteiger partial charge in [-0.3, -0.25) is 0 Å². The van der Waals surface area contributed by atoms with E-state index in [9.17, 15) is 4.79 Å². The molecule has 0 aliphatic heterocycles. The summed E-state index contributed by atoms with van der Waals surface area (Å²) in [6.45, 7) is 4.13. The molecular weight excluding hydrogens is 322 g/mol. The molecule has 26 heavy (non-hydrogen) atoms. The quantitative estimate of drug-likeness (QED) is 0.594. The summed E-state index contributed by atoms with van der Waals surface area (Å²) in [6, 6.07) is 20.0. The number of hydrogen-bond acceptors (Lipinski definition) is 3. The predicted molar refractivity (Wildman–Crippen MR) is 107 cm³/mol. The van der Waals surface area contributed by atoms with Crippen molar-refractivity contribution in [2.24, 2.45) is 0 Å². The maximum atomic E-state index is 12.0. The van der Waals surface area contributed by atoms with E-state index in [1.54, 1.807) is 0 Å². The van der Waals surface area contributed by atoms with Gasteiger partial charge in [0.05, 0.1) is 11.4 Å². The van der Waals surface area contributed by atoms with Crippen LogP contribution in [0.25, 0.3) is 22.5 Å². The summed E-state index contributed by atoms with van der Waals surface area (Å²) in [5.41, 5.74) is 4.30. The maximum absolute atomic E-state index is 12.0. The molecule has 3 rings (SSSR count). The van der Waals surface area contributed by atoms with Crippen LogP contribution in [0.5, 0.6) is 0 Å². The highest BCUT2D eigenvalue weighted by molar-refractivity contribution is 5.67. The summed E-state index contributed by atoms with van der Waals surface area (Å²) in [5.74, 6) is 0. The first-order valence-electron chi connectivity index (χ1n) is 9.23. The SMILES string of the molecule is CCCCCNCc1ccc(-c2cc(-c3ccccc3)nc(=O)[nH]2)cc1. The first-order valence-corrected chi connectivity index (χ1v) is 9.23. The van der Waals surface area contributed by atoms with Gasteiger partial charge in [0.2, 0.25) is 0 Å². The third kappa shape index (κ3) is 4.90. The highest BCUT2D eigenvalue weighted by Gasteiger charge is 2.05. The van der Waals surface area contributed by atoms with Crippen molar-refractivity contribution in [3.05, 3.63) is 76.7 Å². The molecule has 1 aromatic heterocycles. The molecule has 1 heterocycles. The summed E-state index contributed by atoms with van der Waals surface area (Å²) < 4.78 is 0. The van der Waals surface area contributed by atoms with Crippen molar-refractivity contribution in [3.8, 4) is 22.5 Å². The largest absolute Gasteiger partial charge is 0.345 e. The van der Waals surface area contributed by atoms with Gasteiger partial charge in [-0.2, -0.15) is 4.98 Å². The second kappa shape index (κ2) is 9.11. The van der Waals surface area contributed by atoms with Crippen molar-refractivity contribution < 1.29 is 0 Å². The fourth-order valence-corrected chi connectivity index (χ4v) is 2.90. The Labute approximate surface area is 154 Å². The summed E-state index contributed by atoms with van der Waals surface area (Å²) in [4.78, 5) is 18.9. The van der Waals surface area contributed by atoms with Gasteiger partial charge < -0.3 is 10.3 Å². The molecule has 0 bridgehead atoms. The first-order chi connectivity index (χ1) is 12.8. The zero-order chi connectivity index (χ0) is 18.2. The van der Waals surface area contributed by atoms with Crippen molar-refractivity contribution in [1.29, 1.82) is 0 Å². The zero-order valence-electron chi connectivity index (χ0n) is 15.2. The molecule has 0 atom stereocenters. The molecule has 2 aromatic carbocycles. The van der Waals surface area contributed by atoms with Crippen LogP contribution < -0.4 is 11.0 Å². The Kier molecular flexibility index (Phi) is 6.34. The van der Waals surface area contributed by atoms with Crippen LogP contribution in [0.15, 0.2) is 65.5 Å². The topological polar surface area (TPSA) is 57.8 Å². The number of nitrogens with zero attached hydrogens (tertiary/aromatic N) is 1. The number of benzene rings is 2. The van der Waals surface area contributed by atoms with E-state index < -0.39 is 0 Å². The van der Waals surface area contributed by atoms with Crippen LogP contribution in [0.4, 0.5) is 0 Å². The highest BCUT2D eigenvalue weighted by Crippen LogP contribution is 2.22. The summed E-state index contributed by atoms with van der Waals surface area (Å²) in [5, 5.41) is 3.47. The molecule has 2 N–H and O–H groups in total. The van der Waals surface area contributed by atoms with Crippen LogP contribution in [0.1, 0.15) is 31.7 Å². The Hall–Kier alpha value is -2.72. The predicted octanol–water partition coefficient (Wildman–Crippen LogP) is 4.38. The van der Waals surface area contributed by atoms with Crippen molar-refractivity contribution in [1.82, 2.24) is 15.3 Å². The molecule has 4 nitrogen and oxygen atoms in total. The van der Waals surface area contributed by atoms with E-state index in [1.165, 1.54) is 24.8 Å². The molecule has 0 saturated carbocycles. The standard InChI is InChI=1S/C22H25N3O/c1-2-3-7-14-23-16-17-10-12-19(13-11-17)21-15-20(24-22(26)25-21)18-8-5-4-6-9-18/h4-6,8-13,15,23H,2-3,7,14,16H2,1H3,(H,24,25,26). The fraction of sp³-hybridized carbons (Fsp3) is 0.273. The number of unbranched alkanes of at least 4 members (excludes halogenated alkanes) is 2.